The maximum absolute atomic E-state index is 11.0. The highest BCUT2D eigenvalue weighted by Gasteiger charge is 2.20. The van der Waals surface area contributed by atoms with Crippen LogP contribution in [0.5, 0.6) is 0 Å². The predicted molar refractivity (Wildman–Crippen MR) is 56.6 cm³/mol. The van der Waals surface area contributed by atoms with Gasteiger partial charge < -0.3 is 5.11 Å². The van der Waals surface area contributed by atoms with Crippen molar-refractivity contribution in [2.45, 2.75) is 18.2 Å². The van der Waals surface area contributed by atoms with Crippen LogP contribution in [0.3, 0.4) is 0 Å². The molecule has 80 valence electrons. The van der Waals surface area contributed by atoms with E-state index in [4.69, 9.17) is 16.7 Å². The number of aliphatic hydroxyl groups excluding tert-OH is 1. The van der Waals surface area contributed by atoms with Crippen LogP contribution in [0.1, 0.15) is 6.92 Å². The zero-order valence-electron chi connectivity index (χ0n) is 7.53. The molecule has 13 heavy (non-hydrogen) atoms. The number of rotatable bonds is 6. The molecule has 0 saturated heterocycles. The van der Waals surface area contributed by atoms with Crippen LogP contribution in [0, 0.1) is 0 Å². The summed E-state index contributed by atoms with van der Waals surface area (Å²) in [4.78, 5) is 0. The molecule has 0 bridgehead atoms. The van der Waals surface area contributed by atoms with Crippen molar-refractivity contribution in [3.63, 3.8) is 0 Å². The lowest BCUT2D eigenvalue weighted by atomic mass is 10.3. The summed E-state index contributed by atoms with van der Waals surface area (Å²) >= 11 is 6.62. The number of thioether (sulfide) groups is 1. The highest BCUT2D eigenvalue weighted by atomic mass is 35.5. The first kappa shape index (κ1) is 13.5. The molecule has 0 amide bonds. The molecule has 4 nitrogen and oxygen atoms in total. The number of halogens is 1. The van der Waals surface area contributed by atoms with Crippen molar-refractivity contribution in [3.8, 4) is 0 Å². The lowest BCUT2D eigenvalue weighted by molar-refractivity contribution is 0.282. The van der Waals surface area contributed by atoms with E-state index in [0.29, 0.717) is 0 Å². The Morgan fingerprint density at radius 3 is 2.46 bits per heavy atom. The van der Waals surface area contributed by atoms with Crippen molar-refractivity contribution in [1.29, 1.82) is 0 Å². The third kappa shape index (κ3) is 5.07. The van der Waals surface area contributed by atoms with E-state index in [1.165, 1.54) is 11.8 Å². The first-order valence-electron chi connectivity index (χ1n) is 3.66. The lowest BCUT2D eigenvalue weighted by Crippen LogP contribution is -2.41. The third-order valence-corrected chi connectivity index (χ3v) is 4.59. The molecular weight excluding hydrogens is 234 g/mol. The van der Waals surface area contributed by atoms with Crippen LogP contribution in [0.15, 0.2) is 0 Å². The fourth-order valence-electron chi connectivity index (χ4n) is 0.827. The summed E-state index contributed by atoms with van der Waals surface area (Å²) in [5.41, 5.74) is 0. The Morgan fingerprint density at radius 1 is 1.62 bits per heavy atom. The molecule has 2 N–H and O–H groups in total. The normalized spacial score (nSPS) is 16.9. The maximum atomic E-state index is 11.0. The molecule has 7 heteroatoms. The average molecular weight is 248 g/mol. The average Bonchev–Trinajstić information content (AvgIpc) is 2.06. The van der Waals surface area contributed by atoms with Gasteiger partial charge in [-0.25, -0.2) is 13.1 Å². The molecule has 0 aromatic heterocycles. The maximum Gasteiger partial charge on any atom is 0.225 e. The molecule has 2 unspecified atom stereocenters. The summed E-state index contributed by atoms with van der Waals surface area (Å²) in [6, 6.07) is -0.316. The second-order valence-electron chi connectivity index (χ2n) is 2.59. The minimum Gasteiger partial charge on any atom is -0.395 e. The van der Waals surface area contributed by atoms with Crippen molar-refractivity contribution in [1.82, 2.24) is 4.72 Å². The number of nitrogens with one attached hydrogen (secondary N) is 1. The van der Waals surface area contributed by atoms with E-state index in [1.54, 1.807) is 6.92 Å². The minimum absolute atomic E-state index is 0.0624. The fraction of sp³-hybridized carbons (Fsp3) is 1.00. The topological polar surface area (TPSA) is 66.4 Å². The van der Waals surface area contributed by atoms with Crippen LogP contribution in [-0.4, -0.2) is 42.9 Å². The quantitative estimate of drug-likeness (QED) is 0.659. The molecule has 2 atom stereocenters. The van der Waals surface area contributed by atoms with E-state index in [9.17, 15) is 8.42 Å². The summed E-state index contributed by atoms with van der Waals surface area (Å²) in [6.07, 6.45) is 1.81. The van der Waals surface area contributed by atoms with Gasteiger partial charge in [0.25, 0.3) is 0 Å². The monoisotopic (exact) mass is 247 g/mol. The highest BCUT2D eigenvalue weighted by Crippen LogP contribution is 2.11. The molecule has 0 saturated carbocycles. The predicted octanol–water partition coefficient (Wildman–Crippen LogP) is 0.214. The van der Waals surface area contributed by atoms with Crippen LogP contribution >= 0.6 is 23.4 Å². The summed E-state index contributed by atoms with van der Waals surface area (Å²) in [5, 5.41) is 8.28. The Labute approximate surface area is 88.1 Å². The van der Waals surface area contributed by atoms with Crippen molar-refractivity contribution in [3.05, 3.63) is 0 Å². The number of sulfonamides is 1. The largest absolute Gasteiger partial charge is 0.395 e. The highest BCUT2D eigenvalue weighted by molar-refractivity contribution is 7.99. The van der Waals surface area contributed by atoms with E-state index in [2.05, 4.69) is 4.72 Å². The fourth-order valence-corrected chi connectivity index (χ4v) is 2.52. The van der Waals surface area contributed by atoms with Gasteiger partial charge in [0, 0.05) is 11.3 Å². The van der Waals surface area contributed by atoms with Gasteiger partial charge in [-0.2, -0.15) is 11.8 Å². The Balaban J connectivity index is 4.21. The Kier molecular flexibility index (Phi) is 6.32. The molecule has 0 aliphatic rings. The molecule has 0 heterocycles. The molecule has 0 aromatic rings. The molecule has 0 rings (SSSR count). The zero-order chi connectivity index (χ0) is 10.5. The molecule has 0 aliphatic heterocycles. The minimum atomic E-state index is -3.39. The summed E-state index contributed by atoms with van der Waals surface area (Å²) < 4.78 is 24.4. The summed E-state index contributed by atoms with van der Waals surface area (Å²) in [7, 11) is -3.39. The van der Waals surface area contributed by atoms with Crippen LogP contribution in [0.25, 0.3) is 0 Å². The second-order valence-corrected chi connectivity index (χ2v) is 6.00. The molecule has 0 spiro atoms. The van der Waals surface area contributed by atoms with E-state index in [-0.39, 0.29) is 17.9 Å². The number of alkyl halides is 1. The summed E-state index contributed by atoms with van der Waals surface area (Å²) in [5.74, 6) is 0. The second kappa shape index (κ2) is 6.08. The van der Waals surface area contributed by atoms with E-state index < -0.39 is 15.2 Å². The van der Waals surface area contributed by atoms with Crippen molar-refractivity contribution < 1.29 is 13.5 Å². The van der Waals surface area contributed by atoms with E-state index in [0.717, 1.165) is 0 Å². The molecular formula is C6H14ClNO3S2. The molecule has 0 radical (unpaired) electrons. The van der Waals surface area contributed by atoms with Gasteiger partial charge in [-0.3, -0.25) is 0 Å². The SMILES string of the molecule is CSC(CO)C(C)NS(=O)(=O)CCl. The van der Waals surface area contributed by atoms with Crippen molar-refractivity contribution in [2.24, 2.45) is 0 Å². The standard InChI is InChI=1S/C6H14ClNO3S2/c1-5(6(3-9)12-2)8-13(10,11)4-7/h5-6,8-9H,3-4H2,1-2H3. The Morgan fingerprint density at radius 2 is 2.15 bits per heavy atom. The summed E-state index contributed by atoms with van der Waals surface area (Å²) in [6.45, 7) is 1.63. The van der Waals surface area contributed by atoms with Crippen molar-refractivity contribution >= 4 is 33.4 Å². The number of hydrogen-bond acceptors (Lipinski definition) is 4. The molecule has 0 aliphatic carbocycles. The Bertz CT molecular complexity index is 228. The third-order valence-electron chi connectivity index (χ3n) is 1.55. The van der Waals surface area contributed by atoms with Gasteiger partial charge >= 0.3 is 0 Å². The van der Waals surface area contributed by atoms with Gasteiger partial charge in [-0.05, 0) is 13.2 Å². The van der Waals surface area contributed by atoms with Gasteiger partial charge in [-0.1, -0.05) is 0 Å². The number of hydrogen-bond donors (Lipinski definition) is 2. The van der Waals surface area contributed by atoms with Crippen LogP contribution < -0.4 is 4.72 Å². The smallest absolute Gasteiger partial charge is 0.225 e. The molecule has 0 fully saturated rings. The number of aliphatic hydroxyl groups is 1. The van der Waals surface area contributed by atoms with Gasteiger partial charge in [0.1, 0.15) is 5.21 Å². The van der Waals surface area contributed by atoms with Gasteiger partial charge in [0.15, 0.2) is 0 Å². The first-order chi connectivity index (χ1) is 5.96. The van der Waals surface area contributed by atoms with E-state index in [1.807, 2.05) is 6.26 Å². The van der Waals surface area contributed by atoms with Gasteiger partial charge in [-0.15, -0.1) is 11.6 Å². The zero-order valence-corrected chi connectivity index (χ0v) is 9.92. The molecule has 0 aromatic carbocycles. The van der Waals surface area contributed by atoms with Gasteiger partial charge in [0.05, 0.1) is 6.61 Å². The van der Waals surface area contributed by atoms with Crippen LogP contribution in [0.2, 0.25) is 0 Å². The van der Waals surface area contributed by atoms with Crippen molar-refractivity contribution in [2.75, 3.05) is 18.1 Å². The van der Waals surface area contributed by atoms with E-state index >= 15 is 0 Å². The Hall–Kier alpha value is 0.510. The first-order valence-corrected chi connectivity index (χ1v) is 7.14. The van der Waals surface area contributed by atoms with Gasteiger partial charge in [0.2, 0.25) is 10.0 Å². The van der Waals surface area contributed by atoms with Crippen LogP contribution in [-0.2, 0) is 10.0 Å². The van der Waals surface area contributed by atoms with Crippen LogP contribution in [0.4, 0.5) is 0 Å². The lowest BCUT2D eigenvalue weighted by Gasteiger charge is -2.20.